The van der Waals surface area contributed by atoms with Gasteiger partial charge in [-0.15, -0.1) is 0 Å². The lowest BCUT2D eigenvalue weighted by Crippen LogP contribution is -2.16. The second kappa shape index (κ2) is 4.96. The topological polar surface area (TPSA) is 62.6 Å². The van der Waals surface area contributed by atoms with Crippen molar-refractivity contribution >= 4 is 0 Å². The Hall–Kier alpha value is -1.59. The number of hydrogen-bond donors (Lipinski definition) is 1. The highest BCUT2D eigenvalue weighted by atomic mass is 16.5. The lowest BCUT2D eigenvalue weighted by molar-refractivity contribution is 0.229. The van der Waals surface area contributed by atoms with E-state index in [9.17, 15) is 0 Å². The minimum absolute atomic E-state index is 0.0625. The third-order valence-electron chi connectivity index (χ3n) is 2.22. The number of rotatable bonds is 5. The van der Waals surface area contributed by atoms with Crippen molar-refractivity contribution in [1.29, 1.82) is 0 Å². The van der Waals surface area contributed by atoms with Gasteiger partial charge in [0.05, 0.1) is 12.2 Å². The van der Waals surface area contributed by atoms with Gasteiger partial charge in [0.1, 0.15) is 24.4 Å². The van der Waals surface area contributed by atoms with Gasteiger partial charge >= 0.3 is 0 Å². The van der Waals surface area contributed by atoms with Crippen LogP contribution in [0.2, 0.25) is 0 Å². The van der Waals surface area contributed by atoms with Crippen molar-refractivity contribution in [2.75, 3.05) is 7.05 Å². The van der Waals surface area contributed by atoms with E-state index in [1.165, 1.54) is 0 Å². The van der Waals surface area contributed by atoms with Gasteiger partial charge in [-0.3, -0.25) is 4.90 Å². The zero-order valence-corrected chi connectivity index (χ0v) is 9.09. The fraction of sp³-hybridized carbons (Fsp3) is 0.364. The highest BCUT2D eigenvalue weighted by molar-refractivity contribution is 5.06. The molecule has 2 aromatic heterocycles. The molecule has 0 fully saturated rings. The van der Waals surface area contributed by atoms with Crippen LogP contribution in [0.3, 0.4) is 0 Å². The predicted molar refractivity (Wildman–Crippen MR) is 56.3 cm³/mol. The summed E-state index contributed by atoms with van der Waals surface area (Å²) in [5.74, 6) is 1.42. The summed E-state index contributed by atoms with van der Waals surface area (Å²) in [6.45, 7) is 1.31. The first-order valence-corrected chi connectivity index (χ1v) is 5.04. The monoisotopic (exact) mass is 222 g/mol. The van der Waals surface area contributed by atoms with Gasteiger partial charge in [-0.25, -0.2) is 0 Å². The maximum Gasteiger partial charge on any atom is 0.129 e. The number of hydrogen-bond acceptors (Lipinski definition) is 5. The van der Waals surface area contributed by atoms with E-state index in [1.807, 2.05) is 19.2 Å². The first-order valence-electron chi connectivity index (χ1n) is 5.04. The van der Waals surface area contributed by atoms with E-state index in [2.05, 4.69) is 10.1 Å². The van der Waals surface area contributed by atoms with Crippen LogP contribution >= 0.6 is 0 Å². The smallest absolute Gasteiger partial charge is 0.129 e. The van der Waals surface area contributed by atoms with Gasteiger partial charge < -0.3 is 14.0 Å². The van der Waals surface area contributed by atoms with Gasteiger partial charge in [0.15, 0.2) is 0 Å². The van der Waals surface area contributed by atoms with E-state index in [1.54, 1.807) is 12.3 Å². The van der Waals surface area contributed by atoms with Gasteiger partial charge in [-0.05, 0) is 19.2 Å². The molecule has 0 bridgehead atoms. The molecule has 0 atom stereocenters. The van der Waals surface area contributed by atoms with E-state index >= 15 is 0 Å². The highest BCUT2D eigenvalue weighted by Gasteiger charge is 2.07. The maximum atomic E-state index is 8.86. The third-order valence-corrected chi connectivity index (χ3v) is 2.22. The Bertz CT molecular complexity index is 422. The van der Waals surface area contributed by atoms with Crippen molar-refractivity contribution in [2.24, 2.45) is 0 Å². The van der Waals surface area contributed by atoms with E-state index in [4.69, 9.17) is 14.0 Å². The second-order valence-corrected chi connectivity index (χ2v) is 3.69. The SMILES string of the molecule is CN(Cc1ccon1)Cc1ccc(CO)o1. The largest absolute Gasteiger partial charge is 0.462 e. The van der Waals surface area contributed by atoms with Crippen LogP contribution in [0.1, 0.15) is 17.2 Å². The number of aliphatic hydroxyl groups excluding tert-OH is 1. The number of furan rings is 1. The molecule has 1 N–H and O–H groups in total. The molecule has 0 aromatic carbocycles. The van der Waals surface area contributed by atoms with Gasteiger partial charge in [-0.2, -0.15) is 0 Å². The normalized spacial score (nSPS) is 11.2. The lowest BCUT2D eigenvalue weighted by Gasteiger charge is -2.12. The zero-order chi connectivity index (χ0) is 11.4. The molecule has 2 aromatic rings. The first kappa shape index (κ1) is 10.9. The minimum Gasteiger partial charge on any atom is -0.462 e. The summed E-state index contributed by atoms with van der Waals surface area (Å²) >= 11 is 0. The number of aliphatic hydroxyl groups is 1. The van der Waals surface area contributed by atoms with Crippen molar-refractivity contribution < 1.29 is 14.0 Å². The molecule has 0 saturated heterocycles. The molecule has 16 heavy (non-hydrogen) atoms. The highest BCUT2D eigenvalue weighted by Crippen LogP contribution is 2.11. The molecule has 0 radical (unpaired) electrons. The van der Waals surface area contributed by atoms with E-state index in [-0.39, 0.29) is 6.61 Å². The van der Waals surface area contributed by atoms with Gasteiger partial charge in [0, 0.05) is 12.6 Å². The molecule has 0 saturated carbocycles. The summed E-state index contributed by atoms with van der Waals surface area (Å²) in [6, 6.07) is 5.47. The van der Waals surface area contributed by atoms with Gasteiger partial charge in [0.25, 0.3) is 0 Å². The van der Waals surface area contributed by atoms with Crippen LogP contribution in [0.5, 0.6) is 0 Å². The van der Waals surface area contributed by atoms with Crippen LogP contribution in [0, 0.1) is 0 Å². The Labute approximate surface area is 93.3 Å². The third kappa shape index (κ3) is 2.71. The Morgan fingerprint density at radius 1 is 1.25 bits per heavy atom. The molecule has 2 heterocycles. The summed E-state index contributed by atoms with van der Waals surface area (Å²) in [5, 5.41) is 12.7. The van der Waals surface area contributed by atoms with Gasteiger partial charge in [-0.1, -0.05) is 5.16 Å². The maximum absolute atomic E-state index is 8.86. The van der Waals surface area contributed by atoms with Crippen LogP contribution in [0.25, 0.3) is 0 Å². The molecule has 5 nitrogen and oxygen atoms in total. The van der Waals surface area contributed by atoms with Crippen molar-refractivity contribution in [3.05, 3.63) is 41.7 Å². The summed E-state index contributed by atoms with van der Waals surface area (Å²) < 4.78 is 10.1. The average molecular weight is 222 g/mol. The molecule has 0 aliphatic carbocycles. The summed E-state index contributed by atoms with van der Waals surface area (Å²) in [6.07, 6.45) is 1.56. The van der Waals surface area contributed by atoms with E-state index in [0.29, 0.717) is 18.8 Å². The van der Waals surface area contributed by atoms with E-state index in [0.717, 1.165) is 11.5 Å². The summed E-state index contributed by atoms with van der Waals surface area (Å²) in [5.41, 5.74) is 0.886. The molecule has 0 aliphatic rings. The Kier molecular flexibility index (Phi) is 3.38. The van der Waals surface area contributed by atoms with Crippen LogP contribution in [-0.2, 0) is 19.7 Å². The van der Waals surface area contributed by atoms with E-state index < -0.39 is 0 Å². The summed E-state index contributed by atoms with van der Waals surface area (Å²) in [7, 11) is 1.97. The molecule has 5 heteroatoms. The van der Waals surface area contributed by atoms with Crippen LogP contribution in [-0.4, -0.2) is 22.2 Å². The van der Waals surface area contributed by atoms with Crippen molar-refractivity contribution in [3.63, 3.8) is 0 Å². The number of nitrogens with zero attached hydrogens (tertiary/aromatic N) is 2. The number of aromatic nitrogens is 1. The lowest BCUT2D eigenvalue weighted by atomic mass is 10.3. The molecule has 0 aliphatic heterocycles. The standard InChI is InChI=1S/C11H14N2O3/c1-13(6-9-4-5-15-12-9)7-10-2-3-11(8-14)16-10/h2-5,14H,6-8H2,1H3. The second-order valence-electron chi connectivity index (χ2n) is 3.69. The van der Waals surface area contributed by atoms with Crippen LogP contribution in [0.15, 0.2) is 33.4 Å². The fourth-order valence-electron chi connectivity index (χ4n) is 1.51. The molecule has 2 rings (SSSR count). The Morgan fingerprint density at radius 3 is 2.69 bits per heavy atom. The van der Waals surface area contributed by atoms with Crippen molar-refractivity contribution in [3.8, 4) is 0 Å². The van der Waals surface area contributed by atoms with Crippen LogP contribution < -0.4 is 0 Å². The molecule has 0 amide bonds. The first-order chi connectivity index (χ1) is 7.78. The quantitative estimate of drug-likeness (QED) is 0.828. The van der Waals surface area contributed by atoms with Gasteiger partial charge in [0.2, 0.25) is 0 Å². The molecule has 86 valence electrons. The summed E-state index contributed by atoms with van der Waals surface area (Å²) in [4.78, 5) is 2.05. The van der Waals surface area contributed by atoms with Crippen LogP contribution in [0.4, 0.5) is 0 Å². The Balaban J connectivity index is 1.89. The fourth-order valence-corrected chi connectivity index (χ4v) is 1.51. The zero-order valence-electron chi connectivity index (χ0n) is 9.09. The molecule has 0 unspecified atom stereocenters. The Morgan fingerprint density at radius 2 is 2.06 bits per heavy atom. The molecular weight excluding hydrogens is 208 g/mol. The predicted octanol–water partition coefficient (Wildman–Crippen LogP) is 1.39. The van der Waals surface area contributed by atoms with Crippen molar-refractivity contribution in [1.82, 2.24) is 10.1 Å². The van der Waals surface area contributed by atoms with Crippen molar-refractivity contribution in [2.45, 2.75) is 19.7 Å². The minimum atomic E-state index is -0.0625. The molecular formula is C11H14N2O3. The average Bonchev–Trinajstić information content (AvgIpc) is 2.89. The molecule has 0 spiro atoms.